The van der Waals surface area contributed by atoms with Gasteiger partial charge in [-0.25, -0.2) is 0 Å². The highest BCUT2D eigenvalue weighted by Gasteiger charge is 2.63. The van der Waals surface area contributed by atoms with Gasteiger partial charge in [-0.1, -0.05) is 40.8 Å². The maximum Gasteiger partial charge on any atom is 0.123 e. The van der Waals surface area contributed by atoms with E-state index in [9.17, 15) is 8.42 Å². The molecule has 3 rings (SSSR count). The van der Waals surface area contributed by atoms with Gasteiger partial charge in [0.2, 0.25) is 0 Å². The summed E-state index contributed by atoms with van der Waals surface area (Å²) in [5, 5.41) is 0.0888. The summed E-state index contributed by atoms with van der Waals surface area (Å²) in [6.45, 7) is 0. The van der Waals surface area contributed by atoms with Crippen molar-refractivity contribution < 1.29 is 8.42 Å². The number of rotatable bonds is 0. The molecule has 1 saturated heterocycles. The third kappa shape index (κ3) is 1.06. The molecule has 3 aliphatic heterocycles. The Hall–Kier alpha value is 1.24. The van der Waals surface area contributed by atoms with E-state index in [0.29, 0.717) is 0 Å². The maximum absolute atomic E-state index is 12.0. The summed E-state index contributed by atoms with van der Waals surface area (Å²) in [7, 11) is -1.80. The van der Waals surface area contributed by atoms with Crippen LogP contribution in [0.1, 0.15) is 0 Å². The molecule has 0 saturated carbocycles. The van der Waals surface area contributed by atoms with E-state index in [1.807, 2.05) is 12.2 Å². The third-order valence-corrected chi connectivity index (χ3v) is 10.7. The van der Waals surface area contributed by atoms with Crippen molar-refractivity contribution in [2.24, 2.45) is 5.92 Å². The van der Waals surface area contributed by atoms with Gasteiger partial charge in [-0.05, 0) is 22.6 Å². The lowest BCUT2D eigenvalue weighted by Crippen LogP contribution is -2.31. The zero-order valence-electron chi connectivity index (χ0n) is 6.85. The molecule has 76 valence electrons. The minimum atomic E-state index is -0.920. The standard InChI is InChI=1S/C8H6I2O2S2/c9-6-3-4-7(13(6)11)5-1-2-8(4,10)14(5)12/h1-5,7H/t4-,5?,7+,8-,13+,14?/m0/s1. The zero-order chi connectivity index (χ0) is 10.1. The van der Waals surface area contributed by atoms with E-state index in [2.05, 4.69) is 51.3 Å². The molecule has 0 aliphatic carbocycles. The van der Waals surface area contributed by atoms with E-state index in [1.165, 1.54) is 0 Å². The van der Waals surface area contributed by atoms with E-state index in [-0.39, 0.29) is 19.2 Å². The van der Waals surface area contributed by atoms with E-state index >= 15 is 0 Å². The van der Waals surface area contributed by atoms with Gasteiger partial charge in [0.1, 0.15) is 2.75 Å². The Morgan fingerprint density at radius 2 is 2.14 bits per heavy atom. The van der Waals surface area contributed by atoms with Crippen LogP contribution >= 0.6 is 45.2 Å². The average molecular weight is 452 g/mol. The summed E-state index contributed by atoms with van der Waals surface area (Å²) in [6, 6.07) is 0. The van der Waals surface area contributed by atoms with Crippen molar-refractivity contribution in [3.8, 4) is 0 Å². The van der Waals surface area contributed by atoms with Gasteiger partial charge < -0.3 is 0 Å². The van der Waals surface area contributed by atoms with E-state index in [4.69, 9.17) is 0 Å². The number of halogens is 2. The van der Waals surface area contributed by atoms with Crippen molar-refractivity contribution >= 4 is 66.8 Å². The predicted octanol–water partition coefficient (Wildman–Crippen LogP) is 1.84. The fourth-order valence-corrected chi connectivity index (χ4v) is 9.32. The molecule has 6 atom stereocenters. The first-order chi connectivity index (χ1) is 6.55. The molecule has 14 heavy (non-hydrogen) atoms. The smallest absolute Gasteiger partial charge is 0.123 e. The van der Waals surface area contributed by atoms with E-state index in [0.717, 1.165) is 2.91 Å². The Morgan fingerprint density at radius 1 is 1.43 bits per heavy atom. The second-order valence-electron chi connectivity index (χ2n) is 3.58. The van der Waals surface area contributed by atoms with Gasteiger partial charge >= 0.3 is 0 Å². The number of allylic oxidation sites excluding steroid dienone is 1. The zero-order valence-corrected chi connectivity index (χ0v) is 12.8. The molecule has 3 aliphatic rings. The monoisotopic (exact) mass is 452 g/mol. The highest BCUT2D eigenvalue weighted by Crippen LogP contribution is 2.56. The molecule has 0 spiro atoms. The fourth-order valence-electron chi connectivity index (χ4n) is 2.28. The minimum Gasteiger partial charge on any atom is -0.257 e. The van der Waals surface area contributed by atoms with Crippen LogP contribution in [0.3, 0.4) is 0 Å². The SMILES string of the molecule is O=S1C2C=C[C@@]1(I)[C@H]1C=C(I)[S@@](=O)[C@@H]21. The molecule has 2 unspecified atom stereocenters. The van der Waals surface area contributed by atoms with Gasteiger partial charge in [-0.3, -0.25) is 8.42 Å². The third-order valence-electron chi connectivity index (χ3n) is 2.95. The largest absolute Gasteiger partial charge is 0.257 e. The van der Waals surface area contributed by atoms with Crippen LogP contribution in [0.4, 0.5) is 0 Å². The lowest BCUT2D eigenvalue weighted by atomic mass is 9.94. The van der Waals surface area contributed by atoms with Crippen LogP contribution in [-0.2, 0) is 21.6 Å². The second kappa shape index (κ2) is 3.13. The molecular formula is C8H6I2O2S2. The Morgan fingerprint density at radius 3 is 2.79 bits per heavy atom. The van der Waals surface area contributed by atoms with Crippen molar-refractivity contribution in [2.45, 2.75) is 13.3 Å². The first kappa shape index (κ1) is 10.4. The van der Waals surface area contributed by atoms with Gasteiger partial charge in [-0.15, -0.1) is 0 Å². The summed E-state index contributed by atoms with van der Waals surface area (Å²) in [6.07, 6.45) is 6.08. The van der Waals surface area contributed by atoms with Gasteiger partial charge in [0.05, 0.1) is 35.0 Å². The molecule has 3 heterocycles. The van der Waals surface area contributed by atoms with Crippen LogP contribution < -0.4 is 0 Å². The Bertz CT molecular complexity index is 431. The average Bonchev–Trinajstić information content (AvgIpc) is 2.65. The highest BCUT2D eigenvalue weighted by molar-refractivity contribution is 14.1. The Kier molecular flexibility index (Phi) is 2.32. The molecule has 0 aromatic rings. The second-order valence-corrected chi connectivity index (χ2v) is 11.4. The van der Waals surface area contributed by atoms with Crippen molar-refractivity contribution in [1.82, 2.24) is 0 Å². The topological polar surface area (TPSA) is 34.1 Å². The van der Waals surface area contributed by atoms with E-state index in [1.54, 1.807) is 0 Å². The van der Waals surface area contributed by atoms with Gasteiger partial charge in [0, 0.05) is 5.92 Å². The predicted molar refractivity (Wildman–Crippen MR) is 75.3 cm³/mol. The van der Waals surface area contributed by atoms with Gasteiger partial charge in [0.15, 0.2) is 0 Å². The Labute approximate surface area is 114 Å². The Balaban J connectivity index is 2.18. The molecule has 0 radical (unpaired) electrons. The van der Waals surface area contributed by atoms with Gasteiger partial charge in [0.25, 0.3) is 0 Å². The first-order valence-corrected chi connectivity index (χ1v) is 8.71. The lowest BCUT2D eigenvalue weighted by Gasteiger charge is -2.22. The van der Waals surface area contributed by atoms with Crippen molar-refractivity contribution in [1.29, 1.82) is 0 Å². The molecule has 0 aromatic carbocycles. The summed E-state index contributed by atoms with van der Waals surface area (Å²) in [4.78, 5) is 0. The number of alkyl halides is 1. The summed E-state index contributed by atoms with van der Waals surface area (Å²) >= 11 is 4.40. The minimum absolute atomic E-state index is 0.0150. The summed E-state index contributed by atoms with van der Waals surface area (Å²) in [5.74, 6) is 0.215. The molecule has 2 nitrogen and oxygen atoms in total. The van der Waals surface area contributed by atoms with Crippen LogP contribution in [-0.4, -0.2) is 21.7 Å². The van der Waals surface area contributed by atoms with Crippen LogP contribution in [0.2, 0.25) is 0 Å². The number of fused-ring (bicyclic) bond motifs is 5. The van der Waals surface area contributed by atoms with Crippen molar-refractivity contribution in [3.05, 3.63) is 21.1 Å². The van der Waals surface area contributed by atoms with Crippen molar-refractivity contribution in [3.63, 3.8) is 0 Å². The normalized spacial score (nSPS) is 59.0. The summed E-state index contributed by atoms with van der Waals surface area (Å²) < 4.78 is 24.6. The maximum atomic E-state index is 12.0. The first-order valence-electron chi connectivity index (χ1n) is 4.12. The molecular weight excluding hydrogens is 446 g/mol. The molecule has 1 fully saturated rings. The quantitative estimate of drug-likeness (QED) is 0.320. The van der Waals surface area contributed by atoms with Gasteiger partial charge in [-0.2, -0.15) is 0 Å². The van der Waals surface area contributed by atoms with Crippen LogP contribution in [0.5, 0.6) is 0 Å². The van der Waals surface area contributed by atoms with Crippen LogP contribution in [0, 0.1) is 5.92 Å². The molecule has 0 aromatic heterocycles. The summed E-state index contributed by atoms with van der Waals surface area (Å²) in [5.41, 5.74) is 0. The number of hydrogen-bond acceptors (Lipinski definition) is 2. The van der Waals surface area contributed by atoms with Crippen molar-refractivity contribution in [2.75, 3.05) is 0 Å². The van der Waals surface area contributed by atoms with Crippen LogP contribution in [0.15, 0.2) is 21.1 Å². The molecule has 0 amide bonds. The van der Waals surface area contributed by atoms with E-state index < -0.39 is 21.6 Å². The molecule has 2 bridgehead atoms. The molecule has 6 heteroatoms. The van der Waals surface area contributed by atoms with Crippen LogP contribution in [0.25, 0.3) is 0 Å². The fraction of sp³-hybridized carbons (Fsp3) is 0.500. The highest BCUT2D eigenvalue weighted by atomic mass is 127. The number of hydrogen-bond donors (Lipinski definition) is 0. The lowest BCUT2D eigenvalue weighted by molar-refractivity contribution is 0.624. The molecule has 0 N–H and O–H groups in total.